The van der Waals surface area contributed by atoms with E-state index in [2.05, 4.69) is 4.90 Å². The van der Waals surface area contributed by atoms with Gasteiger partial charge in [0.15, 0.2) is 0 Å². The Balaban J connectivity index is 1.20. The molecule has 2 aliphatic rings. The zero-order chi connectivity index (χ0) is 21.6. The van der Waals surface area contributed by atoms with Crippen LogP contribution in [0.4, 0.5) is 0 Å². The number of rotatable bonds is 6. The predicted molar refractivity (Wildman–Crippen MR) is 123 cm³/mol. The summed E-state index contributed by atoms with van der Waals surface area (Å²) in [5.41, 5.74) is 0. The lowest BCUT2D eigenvalue weighted by Gasteiger charge is -2.39. The van der Waals surface area contributed by atoms with E-state index in [0.29, 0.717) is 18.2 Å². The second kappa shape index (κ2) is 10.5. The van der Waals surface area contributed by atoms with Crippen LogP contribution in [0.2, 0.25) is 5.02 Å². The predicted octanol–water partition coefficient (Wildman–Crippen LogP) is 3.48. The highest BCUT2D eigenvalue weighted by Gasteiger charge is 2.33. The van der Waals surface area contributed by atoms with E-state index < -0.39 is 0 Å². The Hall–Kier alpha value is -2.09. The van der Waals surface area contributed by atoms with Crippen molar-refractivity contribution in [3.05, 3.63) is 51.7 Å². The lowest BCUT2D eigenvalue weighted by atomic mass is 9.96. The van der Waals surface area contributed by atoms with Crippen molar-refractivity contribution in [3.8, 4) is 5.75 Å². The molecule has 2 amide bonds. The first kappa shape index (κ1) is 22.1. The van der Waals surface area contributed by atoms with E-state index in [1.165, 1.54) is 11.3 Å². The maximum Gasteiger partial charge on any atom is 0.263 e. The highest BCUT2D eigenvalue weighted by atomic mass is 35.5. The number of nitrogens with zero attached hydrogens (tertiary/aromatic N) is 3. The van der Waals surface area contributed by atoms with Gasteiger partial charge in [0.1, 0.15) is 12.4 Å². The first-order valence-corrected chi connectivity index (χ1v) is 12.1. The largest absolute Gasteiger partial charge is 0.492 e. The molecule has 0 aliphatic carbocycles. The third-order valence-corrected chi connectivity index (χ3v) is 7.07. The minimum atomic E-state index is -0.0857. The molecular weight excluding hydrogens is 434 g/mol. The summed E-state index contributed by atoms with van der Waals surface area (Å²) in [6.45, 7) is 5.87. The van der Waals surface area contributed by atoms with Crippen LogP contribution in [0.3, 0.4) is 0 Å². The third kappa shape index (κ3) is 5.79. The summed E-state index contributed by atoms with van der Waals surface area (Å²) < 4.78 is 5.78. The summed E-state index contributed by atoms with van der Waals surface area (Å²) in [6, 6.07) is 11.1. The molecule has 6 nitrogen and oxygen atoms in total. The van der Waals surface area contributed by atoms with Crippen LogP contribution in [-0.2, 0) is 4.79 Å². The van der Waals surface area contributed by atoms with Crippen LogP contribution >= 0.6 is 22.9 Å². The molecule has 1 atom stereocenters. The number of carbonyl (C=O) groups is 2. The van der Waals surface area contributed by atoms with Gasteiger partial charge in [-0.05, 0) is 48.6 Å². The minimum Gasteiger partial charge on any atom is -0.492 e. The zero-order valence-corrected chi connectivity index (χ0v) is 19.1. The van der Waals surface area contributed by atoms with E-state index in [1.807, 2.05) is 51.6 Å². The zero-order valence-electron chi connectivity index (χ0n) is 17.5. The molecule has 2 aromatic rings. The number of halogens is 1. The average molecular weight is 462 g/mol. The van der Waals surface area contributed by atoms with Gasteiger partial charge < -0.3 is 14.5 Å². The van der Waals surface area contributed by atoms with Crippen LogP contribution < -0.4 is 4.74 Å². The van der Waals surface area contributed by atoms with E-state index in [9.17, 15) is 9.59 Å². The van der Waals surface area contributed by atoms with Crippen LogP contribution in [0.15, 0.2) is 41.8 Å². The lowest BCUT2D eigenvalue weighted by Crippen LogP contribution is -2.53. The maximum absolute atomic E-state index is 13.1. The fraction of sp³-hybridized carbons (Fsp3) is 0.478. The Morgan fingerprint density at radius 2 is 1.81 bits per heavy atom. The summed E-state index contributed by atoms with van der Waals surface area (Å²) in [7, 11) is 0. The van der Waals surface area contributed by atoms with Crippen molar-refractivity contribution in [1.82, 2.24) is 14.7 Å². The van der Waals surface area contributed by atoms with Gasteiger partial charge in [0, 0.05) is 50.8 Å². The standard InChI is InChI=1S/C23H28ClN3O3S/c24-19-5-7-20(8-6-19)30-15-14-25-10-12-26(13-11-25)22(28)18-3-1-9-27(17-18)23(29)21-4-2-16-31-21/h2,4-8,16,18H,1,3,9-15,17H2. The minimum absolute atomic E-state index is 0.0537. The van der Waals surface area contributed by atoms with E-state index >= 15 is 0 Å². The molecule has 1 unspecified atom stereocenters. The van der Waals surface area contributed by atoms with Crippen molar-refractivity contribution >= 4 is 34.8 Å². The lowest BCUT2D eigenvalue weighted by molar-refractivity contribution is -0.138. The van der Waals surface area contributed by atoms with Crippen molar-refractivity contribution in [2.75, 3.05) is 52.4 Å². The Labute approximate surface area is 192 Å². The topological polar surface area (TPSA) is 53.1 Å². The molecule has 1 aromatic heterocycles. The first-order chi connectivity index (χ1) is 15.1. The smallest absolute Gasteiger partial charge is 0.263 e. The number of thiophene rings is 1. The number of piperazine rings is 1. The Morgan fingerprint density at radius 3 is 2.52 bits per heavy atom. The number of hydrogen-bond acceptors (Lipinski definition) is 5. The molecule has 2 fully saturated rings. The third-order valence-electron chi connectivity index (χ3n) is 5.96. The van der Waals surface area contributed by atoms with Gasteiger partial charge >= 0.3 is 0 Å². The van der Waals surface area contributed by atoms with Gasteiger partial charge in [-0.2, -0.15) is 0 Å². The maximum atomic E-state index is 13.1. The van der Waals surface area contributed by atoms with Crippen molar-refractivity contribution in [2.45, 2.75) is 12.8 Å². The molecule has 0 radical (unpaired) electrons. The molecule has 0 saturated carbocycles. The van der Waals surface area contributed by atoms with Gasteiger partial charge in [-0.25, -0.2) is 0 Å². The van der Waals surface area contributed by atoms with Crippen LogP contribution in [-0.4, -0.2) is 78.9 Å². The molecule has 166 valence electrons. The van der Waals surface area contributed by atoms with Crippen molar-refractivity contribution in [3.63, 3.8) is 0 Å². The van der Waals surface area contributed by atoms with Gasteiger partial charge in [0.2, 0.25) is 5.91 Å². The second-order valence-corrected chi connectivity index (χ2v) is 9.42. The van der Waals surface area contributed by atoms with Crippen LogP contribution in [0.25, 0.3) is 0 Å². The number of hydrogen-bond donors (Lipinski definition) is 0. The molecule has 8 heteroatoms. The highest BCUT2D eigenvalue weighted by molar-refractivity contribution is 7.12. The second-order valence-electron chi connectivity index (χ2n) is 8.04. The normalized spacial score (nSPS) is 20.0. The summed E-state index contributed by atoms with van der Waals surface area (Å²) in [5, 5.41) is 2.62. The number of benzene rings is 1. The fourth-order valence-corrected chi connectivity index (χ4v) is 5.01. The highest BCUT2D eigenvalue weighted by Crippen LogP contribution is 2.23. The summed E-state index contributed by atoms with van der Waals surface area (Å²) >= 11 is 7.35. The number of piperidine rings is 1. The van der Waals surface area contributed by atoms with E-state index in [1.54, 1.807) is 0 Å². The molecule has 1 aromatic carbocycles. The van der Waals surface area contributed by atoms with Gasteiger partial charge in [0.25, 0.3) is 5.91 Å². The van der Waals surface area contributed by atoms with Crippen molar-refractivity contribution in [1.29, 1.82) is 0 Å². The monoisotopic (exact) mass is 461 g/mol. The van der Waals surface area contributed by atoms with Crippen LogP contribution in [0.5, 0.6) is 5.75 Å². The SMILES string of the molecule is O=C(c1cccs1)N1CCCC(C(=O)N2CCN(CCOc3ccc(Cl)cc3)CC2)C1. The summed E-state index contributed by atoms with van der Waals surface area (Å²) in [5.74, 6) is 0.980. The van der Waals surface area contributed by atoms with E-state index in [-0.39, 0.29) is 17.7 Å². The Morgan fingerprint density at radius 1 is 1.03 bits per heavy atom. The van der Waals surface area contributed by atoms with Crippen LogP contribution in [0.1, 0.15) is 22.5 Å². The molecule has 0 N–H and O–H groups in total. The van der Waals surface area contributed by atoms with E-state index in [0.717, 1.165) is 62.7 Å². The summed E-state index contributed by atoms with van der Waals surface area (Å²) in [6.07, 6.45) is 1.75. The molecule has 2 saturated heterocycles. The molecule has 3 heterocycles. The number of likely N-dealkylation sites (tertiary alicyclic amines) is 1. The number of ether oxygens (including phenoxy) is 1. The van der Waals surface area contributed by atoms with Gasteiger partial charge in [-0.1, -0.05) is 17.7 Å². The molecule has 31 heavy (non-hydrogen) atoms. The summed E-state index contributed by atoms with van der Waals surface area (Å²) in [4.78, 5) is 32.6. The van der Waals surface area contributed by atoms with Gasteiger partial charge in [-0.3, -0.25) is 14.5 Å². The Kier molecular flexibility index (Phi) is 7.48. The average Bonchev–Trinajstić information content (AvgIpc) is 3.35. The molecular formula is C23H28ClN3O3S. The first-order valence-electron chi connectivity index (χ1n) is 10.8. The molecule has 4 rings (SSSR count). The van der Waals surface area contributed by atoms with Gasteiger partial charge in [0.05, 0.1) is 10.8 Å². The van der Waals surface area contributed by atoms with Crippen molar-refractivity contribution in [2.24, 2.45) is 5.92 Å². The van der Waals surface area contributed by atoms with Gasteiger partial charge in [-0.15, -0.1) is 11.3 Å². The van der Waals surface area contributed by atoms with Crippen LogP contribution in [0, 0.1) is 5.92 Å². The quantitative estimate of drug-likeness (QED) is 0.661. The molecule has 0 bridgehead atoms. The van der Waals surface area contributed by atoms with E-state index in [4.69, 9.17) is 16.3 Å². The van der Waals surface area contributed by atoms with Crippen molar-refractivity contribution < 1.29 is 14.3 Å². The molecule has 0 spiro atoms. The molecule has 2 aliphatic heterocycles. The number of amides is 2. The fourth-order valence-electron chi connectivity index (χ4n) is 4.19. The number of carbonyl (C=O) groups excluding carboxylic acids is 2. The Bertz CT molecular complexity index is 867.